The van der Waals surface area contributed by atoms with E-state index in [9.17, 15) is 26.7 Å². The summed E-state index contributed by atoms with van der Waals surface area (Å²) in [7, 11) is -3.52. The molecule has 1 aromatic carbocycles. The lowest BCUT2D eigenvalue weighted by atomic mass is 10.0. The summed E-state index contributed by atoms with van der Waals surface area (Å²) in [6, 6.07) is 9.58. The number of thioether (sulfide) groups is 1. The predicted octanol–water partition coefficient (Wildman–Crippen LogP) is 3.61. The van der Waals surface area contributed by atoms with Crippen LogP contribution in [0.5, 0.6) is 5.88 Å². The number of piperidine rings is 1. The van der Waals surface area contributed by atoms with Crippen LogP contribution in [0.4, 0.5) is 13.2 Å². The van der Waals surface area contributed by atoms with Gasteiger partial charge in [0, 0.05) is 98.5 Å². The van der Waals surface area contributed by atoms with Gasteiger partial charge in [-0.15, -0.1) is 11.8 Å². The fourth-order valence-corrected chi connectivity index (χ4v) is 8.52. The molecule has 16 heteroatoms. The van der Waals surface area contributed by atoms with Crippen molar-refractivity contribution >= 4 is 21.8 Å². The van der Waals surface area contributed by atoms with Crippen molar-refractivity contribution in [3.8, 4) is 17.1 Å². The van der Waals surface area contributed by atoms with Gasteiger partial charge in [0.1, 0.15) is 6.10 Å². The van der Waals surface area contributed by atoms with E-state index in [0.717, 1.165) is 68.8 Å². The summed E-state index contributed by atoms with van der Waals surface area (Å²) in [5.41, 5.74) is 1.65. The van der Waals surface area contributed by atoms with Crippen molar-refractivity contribution in [2.75, 3.05) is 71.0 Å². The van der Waals surface area contributed by atoms with Crippen LogP contribution in [-0.2, 0) is 40.4 Å². The van der Waals surface area contributed by atoms with Crippen molar-refractivity contribution in [2.45, 2.75) is 55.6 Å². The van der Waals surface area contributed by atoms with Gasteiger partial charge in [-0.3, -0.25) is 9.58 Å². The lowest BCUT2D eigenvalue weighted by Crippen LogP contribution is -2.43. The summed E-state index contributed by atoms with van der Waals surface area (Å²) < 4.78 is 81.8. The van der Waals surface area contributed by atoms with E-state index in [2.05, 4.69) is 14.8 Å². The van der Waals surface area contributed by atoms with E-state index < -0.39 is 27.9 Å². The summed E-state index contributed by atoms with van der Waals surface area (Å²) in [6.07, 6.45) is -0.432. The summed E-state index contributed by atoms with van der Waals surface area (Å²) in [5.74, 6) is 1.07. The molecule has 1 atom stereocenters. The third kappa shape index (κ3) is 9.34. The number of fused-ring (bicyclic) bond motifs is 1. The molecule has 6 rings (SSSR count). The number of hydrogen-bond acceptors (Lipinski definition) is 10. The SMILES string of the molecule is CS(=O)(=O)N1CCc2c(c(-c3ccc(C(F)(F)F)c(SCCN4CCOCC4)c3)nn2CC(O)CN2CCC(Oc3ccccn3)CC2)C1. The quantitative estimate of drug-likeness (QED) is 0.278. The van der Waals surface area contributed by atoms with Crippen molar-refractivity contribution in [1.82, 2.24) is 28.9 Å². The minimum absolute atomic E-state index is 0.0490. The number of morpholine rings is 1. The first kappa shape index (κ1) is 36.1. The van der Waals surface area contributed by atoms with Crippen LogP contribution in [0, 0.1) is 0 Å². The van der Waals surface area contributed by atoms with E-state index >= 15 is 0 Å². The monoisotopic (exact) mass is 724 g/mol. The molecule has 268 valence electrons. The second-order valence-corrected chi connectivity index (χ2v) is 15.9. The molecule has 1 N–H and O–H groups in total. The molecule has 0 spiro atoms. The van der Waals surface area contributed by atoms with Gasteiger partial charge in [0.2, 0.25) is 15.9 Å². The van der Waals surface area contributed by atoms with Gasteiger partial charge in [0.05, 0.1) is 43.4 Å². The maximum atomic E-state index is 14.1. The second-order valence-electron chi connectivity index (χ2n) is 12.8. The van der Waals surface area contributed by atoms with Crippen molar-refractivity contribution in [1.29, 1.82) is 0 Å². The summed E-state index contributed by atoms with van der Waals surface area (Å²) >= 11 is 1.15. The molecular weight excluding hydrogens is 682 g/mol. The summed E-state index contributed by atoms with van der Waals surface area (Å²) in [5, 5.41) is 16.0. The zero-order valence-electron chi connectivity index (χ0n) is 27.5. The van der Waals surface area contributed by atoms with E-state index in [1.54, 1.807) is 10.9 Å². The number of hydrogen-bond donors (Lipinski definition) is 1. The van der Waals surface area contributed by atoms with Crippen molar-refractivity contribution in [3.63, 3.8) is 0 Å². The van der Waals surface area contributed by atoms with E-state index in [0.29, 0.717) is 61.2 Å². The molecule has 0 bridgehead atoms. The molecule has 2 saturated heterocycles. The number of aliphatic hydroxyl groups is 1. The molecule has 3 aromatic rings. The standard InChI is InChI=1S/C33H43F3N6O5S2/c1-49(44,45)41-13-9-29-27(23-41)32(24-5-6-28(33(34,35)36)30(20-24)48-19-16-39-14-17-46-18-15-39)38-42(29)22-25(43)21-40-11-7-26(8-12-40)47-31-4-2-3-10-37-31/h2-6,10,20,25-26,43H,7-9,11-19,21-23H2,1H3. The molecule has 0 saturated carbocycles. The largest absolute Gasteiger partial charge is 0.474 e. The van der Waals surface area contributed by atoms with Crippen LogP contribution >= 0.6 is 11.8 Å². The topological polar surface area (TPSA) is 113 Å². The van der Waals surface area contributed by atoms with Crippen molar-refractivity contribution in [3.05, 3.63) is 59.4 Å². The van der Waals surface area contributed by atoms with Crippen LogP contribution in [0.3, 0.4) is 0 Å². The highest BCUT2D eigenvalue weighted by molar-refractivity contribution is 7.99. The molecule has 1 unspecified atom stereocenters. The van der Waals surface area contributed by atoms with Gasteiger partial charge < -0.3 is 19.5 Å². The number of halogens is 3. The molecule has 49 heavy (non-hydrogen) atoms. The highest BCUT2D eigenvalue weighted by Crippen LogP contribution is 2.40. The third-order valence-electron chi connectivity index (χ3n) is 9.21. The number of aromatic nitrogens is 3. The smallest absolute Gasteiger partial charge is 0.417 e. The Morgan fingerprint density at radius 3 is 2.53 bits per heavy atom. The number of rotatable bonds is 12. The van der Waals surface area contributed by atoms with Gasteiger partial charge in [-0.25, -0.2) is 13.4 Å². The van der Waals surface area contributed by atoms with Gasteiger partial charge in [-0.2, -0.15) is 22.6 Å². The molecule has 3 aliphatic heterocycles. The van der Waals surface area contributed by atoms with E-state index in [1.807, 2.05) is 18.2 Å². The van der Waals surface area contributed by atoms with Crippen LogP contribution in [0.1, 0.15) is 29.7 Å². The first-order valence-corrected chi connectivity index (χ1v) is 19.4. The number of nitrogens with zero attached hydrogens (tertiary/aromatic N) is 6. The summed E-state index contributed by atoms with van der Waals surface area (Å²) in [4.78, 5) is 8.70. The first-order chi connectivity index (χ1) is 23.4. The summed E-state index contributed by atoms with van der Waals surface area (Å²) in [6.45, 7) is 5.76. The lowest BCUT2D eigenvalue weighted by Gasteiger charge is -2.33. The van der Waals surface area contributed by atoms with Gasteiger partial charge in [0.25, 0.3) is 0 Å². The number of β-amino-alcohol motifs (C(OH)–C–C–N with tert-alkyl or cyclic N) is 1. The Bertz CT molecular complexity index is 1660. The van der Waals surface area contributed by atoms with Crippen LogP contribution in [0.25, 0.3) is 11.3 Å². The first-order valence-electron chi connectivity index (χ1n) is 16.6. The van der Waals surface area contributed by atoms with Crippen LogP contribution in [0.15, 0.2) is 47.5 Å². The minimum atomic E-state index is -4.53. The number of benzene rings is 1. The number of pyridine rings is 1. The molecule has 5 heterocycles. The molecule has 0 radical (unpaired) electrons. The normalized spacial score (nSPS) is 19.5. The van der Waals surface area contributed by atoms with Gasteiger partial charge in [-0.1, -0.05) is 12.1 Å². The van der Waals surface area contributed by atoms with Gasteiger partial charge in [0.15, 0.2) is 0 Å². The highest BCUT2D eigenvalue weighted by atomic mass is 32.2. The Balaban J connectivity index is 1.19. The van der Waals surface area contributed by atoms with Gasteiger partial charge >= 0.3 is 6.18 Å². The van der Waals surface area contributed by atoms with Crippen LogP contribution < -0.4 is 4.74 Å². The van der Waals surface area contributed by atoms with Crippen molar-refractivity contribution in [2.24, 2.45) is 0 Å². The Morgan fingerprint density at radius 1 is 1.06 bits per heavy atom. The van der Waals surface area contributed by atoms with Crippen LogP contribution in [0.2, 0.25) is 0 Å². The maximum Gasteiger partial charge on any atom is 0.417 e. The van der Waals surface area contributed by atoms with E-state index in [1.165, 1.54) is 16.4 Å². The number of likely N-dealkylation sites (tertiary alicyclic amines) is 1. The van der Waals surface area contributed by atoms with Crippen molar-refractivity contribution < 1.29 is 36.2 Å². The lowest BCUT2D eigenvalue weighted by molar-refractivity contribution is -0.139. The molecule has 3 aliphatic rings. The number of sulfonamides is 1. The maximum absolute atomic E-state index is 14.1. The Kier molecular flexibility index (Phi) is 11.5. The fourth-order valence-electron chi connectivity index (χ4n) is 6.62. The van der Waals surface area contributed by atoms with E-state index in [4.69, 9.17) is 14.6 Å². The minimum Gasteiger partial charge on any atom is -0.474 e. The highest BCUT2D eigenvalue weighted by Gasteiger charge is 2.35. The molecular formula is C33H43F3N6O5S2. The fraction of sp³-hybridized carbons (Fsp3) is 0.576. The van der Waals surface area contributed by atoms with E-state index in [-0.39, 0.29) is 30.6 Å². The zero-order valence-corrected chi connectivity index (χ0v) is 29.1. The second kappa shape index (κ2) is 15.7. The van der Waals surface area contributed by atoms with Crippen LogP contribution in [-0.4, -0.2) is 126 Å². The Labute approximate surface area is 289 Å². The predicted molar refractivity (Wildman–Crippen MR) is 180 cm³/mol. The Hall–Kier alpha value is -2.73. The molecule has 0 amide bonds. The molecule has 11 nitrogen and oxygen atoms in total. The molecule has 2 fully saturated rings. The molecule has 0 aliphatic carbocycles. The molecule has 2 aromatic heterocycles. The number of ether oxygens (including phenoxy) is 2. The average molecular weight is 725 g/mol. The number of aliphatic hydroxyl groups excluding tert-OH is 1. The average Bonchev–Trinajstić information content (AvgIpc) is 3.43. The van der Waals surface area contributed by atoms with Gasteiger partial charge in [-0.05, 0) is 31.0 Å². The number of alkyl halides is 3. The Morgan fingerprint density at radius 2 is 1.84 bits per heavy atom. The zero-order chi connectivity index (χ0) is 34.6. The third-order valence-corrected chi connectivity index (χ3v) is 11.5.